The summed E-state index contributed by atoms with van der Waals surface area (Å²) in [5.74, 6) is -2.08. The molecule has 2 aromatic carbocycles. The molecule has 4 rings (SSSR count). The number of amides is 1. The standard InChI is InChI=1S/C22H17F2N3O3S/c23-14-7-8-19(18(24)12-14)26(13-15-4-3-11-31-15)20(28)9-10-27-22(30)17-6-2-1-5-16(17)21(29)25-27/h1-8,11-12H,9-10,13H2,(H,25,29). The average molecular weight is 441 g/mol. The summed E-state index contributed by atoms with van der Waals surface area (Å²) in [6, 6.07) is 13.0. The van der Waals surface area contributed by atoms with Crippen molar-refractivity contribution in [3.05, 3.63) is 97.2 Å². The van der Waals surface area contributed by atoms with Crippen LogP contribution in [0.15, 0.2) is 69.6 Å². The molecule has 0 spiro atoms. The molecule has 1 N–H and O–H groups in total. The van der Waals surface area contributed by atoms with Crippen molar-refractivity contribution in [3.8, 4) is 0 Å². The number of nitrogens with zero attached hydrogens (tertiary/aromatic N) is 2. The fourth-order valence-electron chi connectivity index (χ4n) is 3.31. The van der Waals surface area contributed by atoms with Crippen LogP contribution in [-0.2, 0) is 17.9 Å². The molecule has 158 valence electrons. The maximum atomic E-state index is 14.4. The quantitative estimate of drug-likeness (QED) is 0.496. The maximum absolute atomic E-state index is 14.4. The van der Waals surface area contributed by atoms with Gasteiger partial charge in [-0.1, -0.05) is 18.2 Å². The molecular formula is C22H17F2N3O3S. The van der Waals surface area contributed by atoms with Crippen molar-refractivity contribution >= 4 is 33.7 Å². The van der Waals surface area contributed by atoms with E-state index >= 15 is 0 Å². The number of thiophene rings is 1. The molecule has 1 amide bonds. The highest BCUT2D eigenvalue weighted by molar-refractivity contribution is 7.09. The van der Waals surface area contributed by atoms with E-state index in [9.17, 15) is 23.2 Å². The number of benzene rings is 2. The van der Waals surface area contributed by atoms with E-state index in [1.54, 1.807) is 30.3 Å². The van der Waals surface area contributed by atoms with E-state index in [1.165, 1.54) is 22.3 Å². The van der Waals surface area contributed by atoms with Crippen LogP contribution < -0.4 is 16.0 Å². The van der Waals surface area contributed by atoms with Gasteiger partial charge in [0.05, 0.1) is 29.5 Å². The average Bonchev–Trinajstić information content (AvgIpc) is 3.27. The summed E-state index contributed by atoms with van der Waals surface area (Å²) >= 11 is 1.40. The Bertz CT molecular complexity index is 1360. The highest BCUT2D eigenvalue weighted by Gasteiger charge is 2.21. The summed E-state index contributed by atoms with van der Waals surface area (Å²) in [6.07, 6.45) is -0.170. The van der Waals surface area contributed by atoms with Crippen LogP contribution in [-0.4, -0.2) is 15.7 Å². The zero-order valence-corrected chi connectivity index (χ0v) is 17.0. The minimum Gasteiger partial charge on any atom is -0.304 e. The van der Waals surface area contributed by atoms with Crippen LogP contribution >= 0.6 is 11.3 Å². The van der Waals surface area contributed by atoms with Crippen LogP contribution in [0.5, 0.6) is 0 Å². The SMILES string of the molecule is O=C(CCn1[nH]c(=O)c2ccccc2c1=O)N(Cc1cccs1)c1ccc(F)cc1F. The number of carbonyl (C=O) groups is 1. The number of carbonyl (C=O) groups excluding carboxylic acids is 1. The first-order chi connectivity index (χ1) is 14.9. The molecule has 6 nitrogen and oxygen atoms in total. The lowest BCUT2D eigenvalue weighted by molar-refractivity contribution is -0.119. The Morgan fingerprint density at radius 3 is 2.52 bits per heavy atom. The fraction of sp³-hybridized carbons (Fsp3) is 0.136. The molecule has 9 heteroatoms. The van der Waals surface area contributed by atoms with E-state index in [-0.39, 0.29) is 36.0 Å². The molecule has 4 aromatic rings. The van der Waals surface area contributed by atoms with Crippen LogP contribution in [0.25, 0.3) is 10.8 Å². The van der Waals surface area contributed by atoms with Gasteiger partial charge in [0.25, 0.3) is 11.1 Å². The lowest BCUT2D eigenvalue weighted by atomic mass is 10.2. The first kappa shape index (κ1) is 20.7. The van der Waals surface area contributed by atoms with Crippen LogP contribution in [0.4, 0.5) is 14.5 Å². The number of aromatic amines is 1. The summed E-state index contributed by atoms with van der Waals surface area (Å²) in [4.78, 5) is 39.9. The second-order valence-corrected chi connectivity index (χ2v) is 7.88. The molecule has 0 aliphatic carbocycles. The monoisotopic (exact) mass is 441 g/mol. The number of H-pyrrole nitrogens is 1. The van der Waals surface area contributed by atoms with Gasteiger partial charge in [-0.15, -0.1) is 11.3 Å². The number of aryl methyl sites for hydroxylation is 1. The van der Waals surface area contributed by atoms with E-state index < -0.39 is 28.7 Å². The molecule has 0 fully saturated rings. The molecule has 0 atom stereocenters. The number of hydrogen-bond acceptors (Lipinski definition) is 4. The Morgan fingerprint density at radius 2 is 1.81 bits per heavy atom. The normalized spacial score (nSPS) is 11.0. The van der Waals surface area contributed by atoms with Crippen LogP contribution in [0.1, 0.15) is 11.3 Å². The summed E-state index contributed by atoms with van der Waals surface area (Å²) < 4.78 is 28.8. The van der Waals surface area contributed by atoms with Crippen molar-refractivity contribution in [1.82, 2.24) is 9.78 Å². The molecule has 0 saturated carbocycles. The Morgan fingerprint density at radius 1 is 1.03 bits per heavy atom. The zero-order chi connectivity index (χ0) is 22.0. The molecule has 0 radical (unpaired) electrons. The third kappa shape index (κ3) is 4.31. The van der Waals surface area contributed by atoms with Gasteiger partial charge >= 0.3 is 0 Å². The van der Waals surface area contributed by atoms with Crippen molar-refractivity contribution in [1.29, 1.82) is 0 Å². The predicted octanol–water partition coefficient (Wildman–Crippen LogP) is 3.65. The lowest BCUT2D eigenvalue weighted by Gasteiger charge is -2.23. The van der Waals surface area contributed by atoms with Crippen LogP contribution in [0.3, 0.4) is 0 Å². The number of halogens is 2. The Labute approximate surface area is 179 Å². The van der Waals surface area contributed by atoms with Crippen molar-refractivity contribution in [2.24, 2.45) is 0 Å². The van der Waals surface area contributed by atoms with Gasteiger partial charge < -0.3 is 4.90 Å². The minimum absolute atomic E-state index is 0.0563. The van der Waals surface area contributed by atoms with Gasteiger partial charge in [0.15, 0.2) is 0 Å². The number of rotatable bonds is 6. The van der Waals surface area contributed by atoms with Gasteiger partial charge in [-0.3, -0.25) is 19.5 Å². The highest BCUT2D eigenvalue weighted by Crippen LogP contribution is 2.24. The predicted molar refractivity (Wildman–Crippen MR) is 115 cm³/mol. The molecule has 0 bridgehead atoms. The second kappa shape index (κ2) is 8.65. The van der Waals surface area contributed by atoms with Crippen molar-refractivity contribution in [3.63, 3.8) is 0 Å². The number of nitrogens with one attached hydrogen (secondary N) is 1. The topological polar surface area (TPSA) is 75.2 Å². The smallest absolute Gasteiger partial charge is 0.273 e. The molecule has 0 saturated heterocycles. The third-order valence-corrected chi connectivity index (χ3v) is 5.69. The molecule has 0 aliphatic heterocycles. The van der Waals surface area contributed by atoms with Crippen molar-refractivity contribution in [2.75, 3.05) is 4.90 Å². The third-order valence-electron chi connectivity index (χ3n) is 4.83. The van der Waals surface area contributed by atoms with Gasteiger partial charge in [-0.05, 0) is 35.7 Å². The van der Waals surface area contributed by atoms with Crippen molar-refractivity contribution in [2.45, 2.75) is 19.5 Å². The van der Waals surface area contributed by atoms with Gasteiger partial charge in [-0.25, -0.2) is 13.5 Å². The second-order valence-electron chi connectivity index (χ2n) is 6.85. The van der Waals surface area contributed by atoms with Gasteiger partial charge in [0.2, 0.25) is 5.91 Å². The lowest BCUT2D eigenvalue weighted by Crippen LogP contribution is -2.35. The van der Waals surface area contributed by atoms with Gasteiger partial charge in [0.1, 0.15) is 11.6 Å². The minimum atomic E-state index is -0.860. The molecule has 2 heterocycles. The first-order valence-corrected chi connectivity index (χ1v) is 10.3. The highest BCUT2D eigenvalue weighted by atomic mass is 32.1. The number of aromatic nitrogens is 2. The van der Waals surface area contributed by atoms with Crippen molar-refractivity contribution < 1.29 is 13.6 Å². The molecule has 31 heavy (non-hydrogen) atoms. The van der Waals surface area contributed by atoms with E-state index in [1.807, 2.05) is 11.4 Å². The summed E-state index contributed by atoms with van der Waals surface area (Å²) in [5, 5.41) is 4.82. The summed E-state index contributed by atoms with van der Waals surface area (Å²) in [7, 11) is 0. The molecular weight excluding hydrogens is 424 g/mol. The Balaban J connectivity index is 1.62. The van der Waals surface area contributed by atoms with E-state index in [2.05, 4.69) is 5.10 Å². The number of anilines is 1. The Kier molecular flexibility index (Phi) is 5.77. The van der Waals surface area contributed by atoms with E-state index in [0.717, 1.165) is 21.7 Å². The summed E-state index contributed by atoms with van der Waals surface area (Å²) in [5.41, 5.74) is -0.928. The molecule has 0 aliphatic rings. The Hall–Kier alpha value is -3.59. The molecule has 0 unspecified atom stereocenters. The summed E-state index contributed by atoms with van der Waals surface area (Å²) in [6.45, 7) is 0.00366. The van der Waals surface area contributed by atoms with Crippen LogP contribution in [0, 0.1) is 11.6 Å². The van der Waals surface area contributed by atoms with Gasteiger partial charge in [-0.2, -0.15) is 0 Å². The van der Waals surface area contributed by atoms with Crippen LogP contribution in [0.2, 0.25) is 0 Å². The zero-order valence-electron chi connectivity index (χ0n) is 16.2. The number of hydrogen-bond donors (Lipinski definition) is 1. The van der Waals surface area contributed by atoms with E-state index in [0.29, 0.717) is 0 Å². The first-order valence-electron chi connectivity index (χ1n) is 9.43. The molecule has 2 aromatic heterocycles. The van der Waals surface area contributed by atoms with E-state index in [4.69, 9.17) is 0 Å². The fourth-order valence-corrected chi connectivity index (χ4v) is 4.01. The van der Waals surface area contributed by atoms with Gasteiger partial charge in [0, 0.05) is 17.4 Å². The maximum Gasteiger partial charge on any atom is 0.273 e. The number of fused-ring (bicyclic) bond motifs is 1. The largest absolute Gasteiger partial charge is 0.304 e.